The van der Waals surface area contributed by atoms with Gasteiger partial charge in [0.25, 0.3) is 0 Å². The average molecular weight is 313 g/mol. The fraction of sp³-hybridized carbons (Fsp3) is 0.647. The molecule has 0 saturated carbocycles. The standard InChI is InChI=1S/C17H26ClFN2/c1-17(2,3)20-10-13-5-4-8-21(11-13)12-14-9-15(19)6-7-16(14)18/h6-7,9,13,20H,4-5,8,10-12H2,1-3H3. The predicted molar refractivity (Wildman–Crippen MR) is 87.2 cm³/mol. The lowest BCUT2D eigenvalue weighted by atomic mass is 9.96. The molecule has 1 atom stereocenters. The van der Waals surface area contributed by atoms with Gasteiger partial charge in [0, 0.05) is 23.7 Å². The second-order valence-electron chi connectivity index (χ2n) is 7.11. The van der Waals surface area contributed by atoms with E-state index in [1.165, 1.54) is 18.9 Å². The molecule has 0 radical (unpaired) electrons. The maximum absolute atomic E-state index is 13.3. The van der Waals surface area contributed by atoms with Crippen molar-refractivity contribution in [2.24, 2.45) is 5.92 Å². The molecule has 0 spiro atoms. The molecule has 0 bridgehead atoms. The van der Waals surface area contributed by atoms with Crippen molar-refractivity contribution in [1.82, 2.24) is 10.2 Å². The SMILES string of the molecule is CC(C)(C)NCC1CCCN(Cc2cc(F)ccc2Cl)C1. The maximum Gasteiger partial charge on any atom is 0.123 e. The van der Waals surface area contributed by atoms with Crippen LogP contribution in [0, 0.1) is 11.7 Å². The van der Waals surface area contributed by atoms with Gasteiger partial charge < -0.3 is 5.32 Å². The van der Waals surface area contributed by atoms with Crippen LogP contribution < -0.4 is 5.32 Å². The van der Waals surface area contributed by atoms with E-state index in [0.29, 0.717) is 10.9 Å². The molecule has 2 rings (SSSR count). The zero-order valence-corrected chi connectivity index (χ0v) is 14.0. The van der Waals surface area contributed by atoms with Crippen molar-refractivity contribution < 1.29 is 4.39 Å². The van der Waals surface area contributed by atoms with Crippen molar-refractivity contribution in [2.45, 2.75) is 45.7 Å². The Morgan fingerprint density at radius 3 is 2.86 bits per heavy atom. The number of likely N-dealkylation sites (tertiary alicyclic amines) is 1. The third kappa shape index (κ3) is 5.57. The topological polar surface area (TPSA) is 15.3 Å². The molecule has 0 amide bonds. The third-order valence-electron chi connectivity index (χ3n) is 3.93. The number of rotatable bonds is 4. The van der Waals surface area contributed by atoms with Crippen LogP contribution in [-0.4, -0.2) is 30.1 Å². The molecule has 1 fully saturated rings. The molecule has 1 aromatic carbocycles. The van der Waals surface area contributed by atoms with E-state index in [1.54, 1.807) is 12.1 Å². The number of hydrogen-bond acceptors (Lipinski definition) is 2. The summed E-state index contributed by atoms with van der Waals surface area (Å²) in [5.74, 6) is 0.447. The average Bonchev–Trinajstić information content (AvgIpc) is 2.40. The first-order valence-corrected chi connectivity index (χ1v) is 8.12. The lowest BCUT2D eigenvalue weighted by Crippen LogP contribution is -2.44. The van der Waals surface area contributed by atoms with Gasteiger partial charge >= 0.3 is 0 Å². The molecular weight excluding hydrogens is 287 g/mol. The van der Waals surface area contributed by atoms with Gasteiger partial charge in [0.05, 0.1) is 0 Å². The van der Waals surface area contributed by atoms with Crippen molar-refractivity contribution in [2.75, 3.05) is 19.6 Å². The smallest absolute Gasteiger partial charge is 0.123 e. The van der Waals surface area contributed by atoms with Gasteiger partial charge in [-0.3, -0.25) is 4.90 Å². The Hall–Kier alpha value is -0.640. The van der Waals surface area contributed by atoms with E-state index in [2.05, 4.69) is 31.0 Å². The minimum Gasteiger partial charge on any atom is -0.312 e. The van der Waals surface area contributed by atoms with Crippen molar-refractivity contribution in [3.05, 3.63) is 34.6 Å². The van der Waals surface area contributed by atoms with E-state index >= 15 is 0 Å². The van der Waals surface area contributed by atoms with Crippen molar-refractivity contribution >= 4 is 11.6 Å². The van der Waals surface area contributed by atoms with Gasteiger partial charge in [-0.05, 0) is 76.4 Å². The van der Waals surface area contributed by atoms with Crippen LogP contribution in [0.3, 0.4) is 0 Å². The summed E-state index contributed by atoms with van der Waals surface area (Å²) >= 11 is 6.17. The summed E-state index contributed by atoms with van der Waals surface area (Å²) in [6.07, 6.45) is 2.46. The van der Waals surface area contributed by atoms with Crippen LogP contribution in [0.25, 0.3) is 0 Å². The van der Waals surface area contributed by atoms with Crippen molar-refractivity contribution in [1.29, 1.82) is 0 Å². The van der Waals surface area contributed by atoms with Crippen LogP contribution in [0.5, 0.6) is 0 Å². The van der Waals surface area contributed by atoms with Crippen molar-refractivity contribution in [3.8, 4) is 0 Å². The highest BCUT2D eigenvalue weighted by Crippen LogP contribution is 2.23. The van der Waals surface area contributed by atoms with Gasteiger partial charge in [-0.25, -0.2) is 4.39 Å². The van der Waals surface area contributed by atoms with Crippen LogP contribution in [0.1, 0.15) is 39.2 Å². The van der Waals surface area contributed by atoms with Crippen LogP contribution in [0.2, 0.25) is 5.02 Å². The minimum absolute atomic E-state index is 0.161. The third-order valence-corrected chi connectivity index (χ3v) is 4.29. The normalized spacial score (nSPS) is 20.7. The van der Waals surface area contributed by atoms with Gasteiger partial charge in [-0.15, -0.1) is 0 Å². The van der Waals surface area contributed by atoms with E-state index in [0.717, 1.165) is 31.7 Å². The highest BCUT2D eigenvalue weighted by Gasteiger charge is 2.22. The van der Waals surface area contributed by atoms with Gasteiger partial charge in [0.15, 0.2) is 0 Å². The molecule has 21 heavy (non-hydrogen) atoms. The molecule has 4 heteroatoms. The lowest BCUT2D eigenvalue weighted by Gasteiger charge is -2.34. The molecule has 1 unspecified atom stereocenters. The zero-order valence-electron chi connectivity index (χ0n) is 13.3. The molecule has 0 aromatic heterocycles. The number of piperidine rings is 1. The molecular formula is C17H26ClFN2. The summed E-state index contributed by atoms with van der Waals surface area (Å²) in [6, 6.07) is 4.62. The van der Waals surface area contributed by atoms with E-state index in [4.69, 9.17) is 11.6 Å². The number of halogens is 2. The Balaban J connectivity index is 1.90. The van der Waals surface area contributed by atoms with Crippen LogP contribution >= 0.6 is 11.6 Å². The number of nitrogens with one attached hydrogen (secondary N) is 1. The zero-order chi connectivity index (χ0) is 15.5. The van der Waals surface area contributed by atoms with E-state index in [1.807, 2.05) is 0 Å². The summed E-state index contributed by atoms with van der Waals surface area (Å²) in [4.78, 5) is 2.39. The Labute approximate surface area is 132 Å². The molecule has 118 valence electrons. The van der Waals surface area contributed by atoms with Crippen LogP contribution in [-0.2, 0) is 6.54 Å². The largest absolute Gasteiger partial charge is 0.312 e. The highest BCUT2D eigenvalue weighted by molar-refractivity contribution is 6.31. The second-order valence-corrected chi connectivity index (χ2v) is 7.52. The van der Waals surface area contributed by atoms with Crippen LogP contribution in [0.4, 0.5) is 4.39 Å². The number of benzene rings is 1. The highest BCUT2D eigenvalue weighted by atomic mass is 35.5. The van der Waals surface area contributed by atoms with Gasteiger partial charge in [-0.1, -0.05) is 11.6 Å². The Morgan fingerprint density at radius 2 is 2.14 bits per heavy atom. The molecule has 1 saturated heterocycles. The minimum atomic E-state index is -0.211. The van der Waals surface area contributed by atoms with E-state index < -0.39 is 0 Å². The molecule has 1 heterocycles. The van der Waals surface area contributed by atoms with Gasteiger partial charge in [0.2, 0.25) is 0 Å². The fourth-order valence-electron chi connectivity index (χ4n) is 2.82. The number of nitrogens with zero attached hydrogens (tertiary/aromatic N) is 1. The first-order valence-electron chi connectivity index (χ1n) is 7.75. The van der Waals surface area contributed by atoms with Gasteiger partial charge in [-0.2, -0.15) is 0 Å². The quantitative estimate of drug-likeness (QED) is 0.901. The maximum atomic E-state index is 13.3. The Kier molecular flexibility index (Phi) is 5.64. The van der Waals surface area contributed by atoms with Crippen molar-refractivity contribution in [3.63, 3.8) is 0 Å². The Morgan fingerprint density at radius 1 is 1.38 bits per heavy atom. The molecule has 2 nitrogen and oxygen atoms in total. The molecule has 0 aliphatic carbocycles. The van der Waals surface area contributed by atoms with Crippen LogP contribution in [0.15, 0.2) is 18.2 Å². The summed E-state index contributed by atoms with van der Waals surface area (Å²) < 4.78 is 13.3. The molecule has 1 N–H and O–H groups in total. The Bertz CT molecular complexity index is 470. The summed E-state index contributed by atoms with van der Waals surface area (Å²) in [7, 11) is 0. The number of hydrogen-bond donors (Lipinski definition) is 1. The van der Waals surface area contributed by atoms with E-state index in [-0.39, 0.29) is 11.4 Å². The second kappa shape index (κ2) is 7.08. The monoisotopic (exact) mass is 312 g/mol. The first-order chi connectivity index (χ1) is 9.83. The first kappa shape index (κ1) is 16.7. The molecule has 1 aromatic rings. The summed E-state index contributed by atoms with van der Waals surface area (Å²) in [6.45, 7) is 10.5. The fourth-order valence-corrected chi connectivity index (χ4v) is 2.99. The lowest BCUT2D eigenvalue weighted by molar-refractivity contribution is 0.159. The summed E-state index contributed by atoms with van der Waals surface area (Å²) in [5, 5.41) is 4.24. The van der Waals surface area contributed by atoms with E-state index in [9.17, 15) is 4.39 Å². The summed E-state index contributed by atoms with van der Waals surface area (Å²) in [5.41, 5.74) is 1.05. The molecule has 1 aliphatic rings. The molecule has 1 aliphatic heterocycles. The predicted octanol–water partition coefficient (Wildman–Crippen LogP) is 4.08. The van der Waals surface area contributed by atoms with Gasteiger partial charge in [0.1, 0.15) is 5.82 Å².